The van der Waals surface area contributed by atoms with E-state index >= 15 is 0 Å². The van der Waals surface area contributed by atoms with E-state index in [4.69, 9.17) is 14.2 Å². The Morgan fingerprint density at radius 2 is 2.20 bits per heavy atom. The quantitative estimate of drug-likeness (QED) is 0.842. The van der Waals surface area contributed by atoms with Gasteiger partial charge in [-0.3, -0.25) is 5.10 Å². The minimum Gasteiger partial charge on any atom is -0.461 e. The Morgan fingerprint density at radius 3 is 2.95 bits per heavy atom. The Morgan fingerprint density at radius 1 is 1.45 bits per heavy atom. The fourth-order valence-corrected chi connectivity index (χ4v) is 3.34. The molecule has 3 atom stereocenters. The molecule has 3 aliphatic rings. The number of nitrogens with one attached hydrogen (secondary N) is 1. The second kappa shape index (κ2) is 4.05. The van der Waals surface area contributed by atoms with Gasteiger partial charge in [-0.05, 0) is 25.7 Å². The third-order valence-corrected chi connectivity index (χ3v) is 4.78. The minimum absolute atomic E-state index is 0.352. The highest BCUT2D eigenvalue weighted by Gasteiger charge is 2.54. The molecular weight excluding hydrogens is 260 g/mol. The summed E-state index contributed by atoms with van der Waals surface area (Å²) in [6.45, 7) is 6.42. The van der Waals surface area contributed by atoms with Gasteiger partial charge in [0.15, 0.2) is 5.69 Å². The van der Waals surface area contributed by atoms with Gasteiger partial charge in [0.1, 0.15) is 5.60 Å². The summed E-state index contributed by atoms with van der Waals surface area (Å²) in [6.07, 6.45) is 0. The summed E-state index contributed by atoms with van der Waals surface area (Å²) in [5, 5.41) is 7.00. The molecule has 1 aromatic heterocycles. The Kier molecular flexibility index (Phi) is 2.50. The van der Waals surface area contributed by atoms with Crippen LogP contribution in [0.4, 0.5) is 0 Å². The van der Waals surface area contributed by atoms with Crippen molar-refractivity contribution in [3.05, 3.63) is 17.0 Å². The molecule has 2 aliphatic heterocycles. The number of nitrogens with zero attached hydrogens (tertiary/aromatic N) is 1. The molecule has 0 spiro atoms. The first-order valence-corrected chi connectivity index (χ1v) is 7.04. The number of fused-ring (bicyclic) bond motifs is 2. The molecule has 0 amide bonds. The SMILES string of the molecule is CC1(C)OCc2c(C(=O)OCC3[C@H]4COC[C@@H]34)n[nH]c21. The van der Waals surface area contributed by atoms with Crippen molar-refractivity contribution >= 4 is 5.97 Å². The van der Waals surface area contributed by atoms with Gasteiger partial charge in [0.05, 0.1) is 32.1 Å². The third kappa shape index (κ3) is 1.71. The summed E-state index contributed by atoms with van der Waals surface area (Å²) < 4.78 is 16.4. The van der Waals surface area contributed by atoms with Crippen LogP contribution in [0.2, 0.25) is 0 Å². The van der Waals surface area contributed by atoms with Crippen LogP contribution in [0, 0.1) is 17.8 Å². The molecule has 6 nitrogen and oxygen atoms in total. The van der Waals surface area contributed by atoms with E-state index in [1.54, 1.807) is 0 Å². The molecule has 1 unspecified atom stereocenters. The lowest BCUT2D eigenvalue weighted by molar-refractivity contribution is -0.0117. The maximum Gasteiger partial charge on any atom is 0.359 e. The van der Waals surface area contributed by atoms with E-state index in [0.717, 1.165) is 24.5 Å². The summed E-state index contributed by atoms with van der Waals surface area (Å²) in [6, 6.07) is 0. The van der Waals surface area contributed by atoms with E-state index in [2.05, 4.69) is 10.2 Å². The first-order valence-electron chi connectivity index (χ1n) is 7.04. The molecule has 0 bridgehead atoms. The Hall–Kier alpha value is -1.40. The Labute approximate surface area is 116 Å². The van der Waals surface area contributed by atoms with Crippen molar-refractivity contribution in [2.45, 2.75) is 26.1 Å². The van der Waals surface area contributed by atoms with Crippen LogP contribution in [-0.4, -0.2) is 36.0 Å². The van der Waals surface area contributed by atoms with Crippen molar-refractivity contribution in [3.8, 4) is 0 Å². The van der Waals surface area contributed by atoms with Gasteiger partial charge in [0.2, 0.25) is 0 Å². The monoisotopic (exact) mass is 278 g/mol. The lowest BCUT2D eigenvalue weighted by atomic mass is 10.0. The van der Waals surface area contributed by atoms with Crippen molar-refractivity contribution in [1.29, 1.82) is 0 Å². The summed E-state index contributed by atoms with van der Waals surface area (Å²) in [7, 11) is 0. The highest BCUT2D eigenvalue weighted by Crippen LogP contribution is 2.50. The number of aromatic nitrogens is 2. The van der Waals surface area contributed by atoms with Gasteiger partial charge in [-0.15, -0.1) is 0 Å². The number of rotatable bonds is 3. The fraction of sp³-hybridized carbons (Fsp3) is 0.714. The molecule has 1 aliphatic carbocycles. The number of carbonyl (C=O) groups excluding carboxylic acids is 1. The highest BCUT2D eigenvalue weighted by molar-refractivity contribution is 5.89. The molecule has 0 aromatic carbocycles. The number of ether oxygens (including phenoxy) is 3. The van der Waals surface area contributed by atoms with Crippen LogP contribution < -0.4 is 0 Å². The second-order valence-electron chi connectivity index (χ2n) is 6.35. The number of esters is 1. The lowest BCUT2D eigenvalue weighted by Gasteiger charge is -2.15. The van der Waals surface area contributed by atoms with Gasteiger partial charge >= 0.3 is 5.97 Å². The van der Waals surface area contributed by atoms with Gasteiger partial charge in [0, 0.05) is 11.5 Å². The molecular formula is C14H18N2O4. The maximum absolute atomic E-state index is 12.1. The molecule has 1 N–H and O–H groups in total. The normalized spacial score (nSPS) is 32.8. The maximum atomic E-state index is 12.1. The van der Waals surface area contributed by atoms with Crippen molar-refractivity contribution in [2.24, 2.45) is 17.8 Å². The number of aromatic amines is 1. The molecule has 20 heavy (non-hydrogen) atoms. The Balaban J connectivity index is 1.42. The lowest BCUT2D eigenvalue weighted by Crippen LogP contribution is -2.15. The number of hydrogen-bond acceptors (Lipinski definition) is 5. The van der Waals surface area contributed by atoms with E-state index in [1.807, 2.05) is 13.8 Å². The summed E-state index contributed by atoms with van der Waals surface area (Å²) >= 11 is 0. The molecule has 1 aromatic rings. The average Bonchev–Trinajstić information content (AvgIpc) is 2.85. The molecule has 108 valence electrons. The van der Waals surface area contributed by atoms with Crippen molar-refractivity contribution in [2.75, 3.05) is 19.8 Å². The molecule has 1 saturated heterocycles. The van der Waals surface area contributed by atoms with Crippen LogP contribution in [0.5, 0.6) is 0 Å². The van der Waals surface area contributed by atoms with Crippen LogP contribution in [0.1, 0.15) is 35.6 Å². The Bertz CT molecular complexity index is 556. The second-order valence-corrected chi connectivity index (χ2v) is 6.35. The van der Waals surface area contributed by atoms with Gasteiger partial charge in [0.25, 0.3) is 0 Å². The van der Waals surface area contributed by atoms with Gasteiger partial charge in [-0.2, -0.15) is 5.10 Å². The van der Waals surface area contributed by atoms with Crippen molar-refractivity contribution in [3.63, 3.8) is 0 Å². The van der Waals surface area contributed by atoms with Gasteiger partial charge in [-0.1, -0.05) is 0 Å². The largest absolute Gasteiger partial charge is 0.461 e. The van der Waals surface area contributed by atoms with Crippen LogP contribution in [0.25, 0.3) is 0 Å². The van der Waals surface area contributed by atoms with E-state index < -0.39 is 5.60 Å². The summed E-state index contributed by atoms with van der Waals surface area (Å²) in [4.78, 5) is 12.1. The van der Waals surface area contributed by atoms with Crippen LogP contribution in [0.15, 0.2) is 0 Å². The average molecular weight is 278 g/mol. The number of hydrogen-bond donors (Lipinski definition) is 1. The summed E-state index contributed by atoms with van der Waals surface area (Å²) in [5.41, 5.74) is 1.67. The summed E-state index contributed by atoms with van der Waals surface area (Å²) in [5.74, 6) is 1.31. The van der Waals surface area contributed by atoms with Gasteiger partial charge in [-0.25, -0.2) is 4.79 Å². The topological polar surface area (TPSA) is 73.4 Å². The first kappa shape index (κ1) is 12.3. The molecule has 2 fully saturated rings. The van der Waals surface area contributed by atoms with Crippen molar-refractivity contribution < 1.29 is 19.0 Å². The fourth-order valence-electron chi connectivity index (χ4n) is 3.34. The minimum atomic E-state index is -0.411. The van der Waals surface area contributed by atoms with E-state index in [-0.39, 0.29) is 5.97 Å². The van der Waals surface area contributed by atoms with Crippen LogP contribution in [-0.2, 0) is 26.4 Å². The standard InChI is InChI=1S/C14H18N2O4/c1-14(2)12-10(6-20-14)11(15-16-12)13(17)19-5-9-7-3-18-4-8(7)9/h7-9H,3-6H2,1-2H3,(H,15,16)/t7-,8+,9?. The number of carbonyl (C=O) groups is 1. The van der Waals surface area contributed by atoms with Crippen molar-refractivity contribution in [1.82, 2.24) is 10.2 Å². The zero-order valence-electron chi connectivity index (χ0n) is 11.6. The molecule has 6 heteroatoms. The number of H-pyrrole nitrogens is 1. The predicted octanol–water partition coefficient (Wildman–Crippen LogP) is 1.22. The predicted molar refractivity (Wildman–Crippen MR) is 68.0 cm³/mol. The van der Waals surface area contributed by atoms with Gasteiger partial charge < -0.3 is 14.2 Å². The smallest absolute Gasteiger partial charge is 0.359 e. The zero-order chi connectivity index (χ0) is 13.9. The zero-order valence-corrected chi connectivity index (χ0v) is 11.6. The van der Waals surface area contributed by atoms with Crippen LogP contribution >= 0.6 is 0 Å². The highest BCUT2D eigenvalue weighted by atomic mass is 16.5. The molecule has 4 rings (SSSR count). The van der Waals surface area contributed by atoms with E-state index in [0.29, 0.717) is 36.7 Å². The third-order valence-electron chi connectivity index (χ3n) is 4.78. The van der Waals surface area contributed by atoms with E-state index in [9.17, 15) is 4.79 Å². The molecule has 0 radical (unpaired) electrons. The molecule has 1 saturated carbocycles. The van der Waals surface area contributed by atoms with Crippen LogP contribution in [0.3, 0.4) is 0 Å². The van der Waals surface area contributed by atoms with E-state index in [1.165, 1.54) is 0 Å². The first-order chi connectivity index (χ1) is 9.58. The molecule has 3 heterocycles.